The Labute approximate surface area is 200 Å². The first-order valence-corrected chi connectivity index (χ1v) is 11.4. The number of benzene rings is 3. The zero-order valence-corrected chi connectivity index (χ0v) is 19.6. The molecule has 3 aromatic rings. The van der Waals surface area contributed by atoms with E-state index in [9.17, 15) is 9.59 Å². The summed E-state index contributed by atoms with van der Waals surface area (Å²) in [4.78, 5) is 28.3. The number of nitrogens with zero attached hydrogens (tertiary/aromatic N) is 1. The number of hydrogen-bond donors (Lipinski definition) is 1. The summed E-state index contributed by atoms with van der Waals surface area (Å²) in [5, 5.41) is 3.07. The Morgan fingerprint density at radius 2 is 1.56 bits per heavy atom. The van der Waals surface area contributed by atoms with E-state index in [1.807, 2.05) is 78.9 Å². The number of hydrogen-bond acceptors (Lipinski definition) is 4. The topological polar surface area (TPSA) is 67.9 Å². The highest BCUT2D eigenvalue weighted by Crippen LogP contribution is 2.39. The molecule has 1 saturated heterocycles. The van der Waals surface area contributed by atoms with Crippen LogP contribution in [0, 0.1) is 5.92 Å². The van der Waals surface area contributed by atoms with E-state index in [-0.39, 0.29) is 23.7 Å². The lowest BCUT2D eigenvalue weighted by Gasteiger charge is -2.21. The van der Waals surface area contributed by atoms with E-state index in [0.29, 0.717) is 37.6 Å². The molecule has 1 heterocycles. The Kier molecular flexibility index (Phi) is 7.48. The van der Waals surface area contributed by atoms with Crippen LogP contribution in [-0.2, 0) is 22.6 Å². The molecular formula is C28H30N2O4. The van der Waals surface area contributed by atoms with Crippen LogP contribution in [0.3, 0.4) is 0 Å². The minimum Gasteiger partial charge on any atom is -0.497 e. The maximum absolute atomic E-state index is 13.3. The van der Waals surface area contributed by atoms with Gasteiger partial charge in [-0.15, -0.1) is 0 Å². The number of carbonyl (C=O) groups is 2. The van der Waals surface area contributed by atoms with Gasteiger partial charge in [-0.25, -0.2) is 0 Å². The Bertz CT molecular complexity index is 1120. The second kappa shape index (κ2) is 10.9. The normalized spacial score (nSPS) is 17.3. The molecule has 4 rings (SSSR count). The Morgan fingerprint density at radius 1 is 0.882 bits per heavy atom. The van der Waals surface area contributed by atoms with Crippen molar-refractivity contribution in [3.63, 3.8) is 0 Å². The predicted molar refractivity (Wildman–Crippen MR) is 131 cm³/mol. The monoisotopic (exact) mass is 458 g/mol. The van der Waals surface area contributed by atoms with Crippen molar-refractivity contribution in [2.45, 2.75) is 18.9 Å². The Balaban J connectivity index is 1.56. The van der Waals surface area contributed by atoms with Crippen molar-refractivity contribution in [1.82, 2.24) is 10.2 Å². The predicted octanol–water partition coefficient (Wildman–Crippen LogP) is 3.80. The molecule has 3 aromatic carbocycles. The zero-order valence-electron chi connectivity index (χ0n) is 19.6. The van der Waals surface area contributed by atoms with E-state index in [0.717, 1.165) is 16.7 Å². The number of rotatable bonds is 8. The molecule has 0 unspecified atom stereocenters. The first kappa shape index (κ1) is 23.4. The van der Waals surface area contributed by atoms with Crippen LogP contribution in [0.5, 0.6) is 11.5 Å². The minimum atomic E-state index is -0.384. The highest BCUT2D eigenvalue weighted by atomic mass is 16.5. The van der Waals surface area contributed by atoms with Crippen LogP contribution in [0.4, 0.5) is 0 Å². The van der Waals surface area contributed by atoms with Crippen molar-refractivity contribution in [2.75, 3.05) is 27.3 Å². The van der Waals surface area contributed by atoms with E-state index in [4.69, 9.17) is 9.47 Å². The molecule has 6 heteroatoms. The summed E-state index contributed by atoms with van der Waals surface area (Å²) in [6, 6.07) is 25.1. The minimum absolute atomic E-state index is 0.0158. The third kappa shape index (κ3) is 5.39. The Morgan fingerprint density at radius 3 is 2.21 bits per heavy atom. The van der Waals surface area contributed by atoms with Crippen molar-refractivity contribution >= 4 is 11.8 Å². The van der Waals surface area contributed by atoms with Crippen LogP contribution in [0.25, 0.3) is 0 Å². The van der Waals surface area contributed by atoms with Gasteiger partial charge in [-0.1, -0.05) is 66.7 Å². The van der Waals surface area contributed by atoms with Crippen LogP contribution < -0.4 is 14.8 Å². The Hall–Kier alpha value is -3.80. The molecule has 1 aliphatic rings. The van der Waals surface area contributed by atoms with E-state index < -0.39 is 0 Å². The van der Waals surface area contributed by atoms with Gasteiger partial charge >= 0.3 is 0 Å². The van der Waals surface area contributed by atoms with E-state index >= 15 is 0 Å². The van der Waals surface area contributed by atoms with Crippen molar-refractivity contribution in [1.29, 1.82) is 0 Å². The van der Waals surface area contributed by atoms with Gasteiger partial charge in [-0.05, 0) is 17.2 Å². The lowest BCUT2D eigenvalue weighted by molar-refractivity contribution is -0.130. The van der Waals surface area contributed by atoms with Crippen LogP contribution in [0.1, 0.15) is 22.6 Å². The van der Waals surface area contributed by atoms with Crippen molar-refractivity contribution in [2.24, 2.45) is 5.92 Å². The number of ether oxygens (including phenoxy) is 2. The third-order valence-corrected chi connectivity index (χ3v) is 6.36. The molecule has 1 aliphatic heterocycles. The summed E-state index contributed by atoms with van der Waals surface area (Å²) in [5.74, 6) is 0.717. The summed E-state index contributed by atoms with van der Waals surface area (Å²) in [7, 11) is 3.21. The van der Waals surface area contributed by atoms with Gasteiger partial charge in [0.25, 0.3) is 0 Å². The van der Waals surface area contributed by atoms with Gasteiger partial charge in [-0.3, -0.25) is 9.59 Å². The summed E-state index contributed by atoms with van der Waals surface area (Å²) in [5.41, 5.74) is 2.89. The average molecular weight is 459 g/mol. The summed E-state index contributed by atoms with van der Waals surface area (Å²) in [6.07, 6.45) is 0.311. The SMILES string of the molecule is COc1ccc([C@@H]2CN(C(=O)Cc3ccccc3)C[C@H]2C(=O)NCc2ccccc2)c(OC)c1. The quantitative estimate of drug-likeness (QED) is 0.558. The summed E-state index contributed by atoms with van der Waals surface area (Å²) in [6.45, 7) is 1.27. The van der Waals surface area contributed by atoms with E-state index in [1.165, 1.54) is 0 Å². The van der Waals surface area contributed by atoms with Gasteiger partial charge in [0.15, 0.2) is 0 Å². The van der Waals surface area contributed by atoms with Gasteiger partial charge in [-0.2, -0.15) is 0 Å². The third-order valence-electron chi connectivity index (χ3n) is 6.36. The zero-order chi connectivity index (χ0) is 23.9. The van der Waals surface area contributed by atoms with Crippen LogP contribution >= 0.6 is 0 Å². The summed E-state index contributed by atoms with van der Waals surface area (Å²) < 4.78 is 11.0. The van der Waals surface area contributed by atoms with Crippen LogP contribution in [0.2, 0.25) is 0 Å². The first-order valence-electron chi connectivity index (χ1n) is 11.4. The lowest BCUT2D eigenvalue weighted by Crippen LogP contribution is -2.35. The van der Waals surface area contributed by atoms with Crippen LogP contribution in [0.15, 0.2) is 78.9 Å². The van der Waals surface area contributed by atoms with Gasteiger partial charge in [0.2, 0.25) is 11.8 Å². The molecule has 0 aromatic heterocycles. The average Bonchev–Trinajstić information content (AvgIpc) is 3.33. The van der Waals surface area contributed by atoms with Gasteiger partial charge < -0.3 is 19.7 Å². The number of likely N-dealkylation sites (tertiary alicyclic amines) is 1. The molecule has 0 radical (unpaired) electrons. The largest absolute Gasteiger partial charge is 0.497 e. The number of nitrogens with one attached hydrogen (secondary N) is 1. The van der Waals surface area contributed by atoms with Crippen molar-refractivity contribution in [3.8, 4) is 11.5 Å². The number of amides is 2. The standard InChI is InChI=1S/C28H30N2O4/c1-33-22-13-14-23(26(16-22)34-2)24-18-30(27(31)15-20-9-5-3-6-10-20)19-25(24)28(32)29-17-21-11-7-4-8-12-21/h3-14,16,24-25H,15,17-19H2,1-2H3,(H,29,32)/t24-,25+/m0/s1. The molecule has 6 nitrogen and oxygen atoms in total. The number of methoxy groups -OCH3 is 2. The molecule has 176 valence electrons. The summed E-state index contributed by atoms with van der Waals surface area (Å²) >= 11 is 0. The van der Waals surface area contributed by atoms with Crippen molar-refractivity contribution in [3.05, 3.63) is 95.6 Å². The van der Waals surface area contributed by atoms with E-state index in [1.54, 1.807) is 19.1 Å². The maximum Gasteiger partial charge on any atom is 0.227 e. The lowest BCUT2D eigenvalue weighted by atomic mass is 9.87. The second-order valence-corrected chi connectivity index (χ2v) is 8.49. The van der Waals surface area contributed by atoms with Gasteiger partial charge in [0.05, 0.1) is 26.6 Å². The molecule has 2 atom stereocenters. The molecule has 0 saturated carbocycles. The van der Waals surface area contributed by atoms with Gasteiger partial charge in [0, 0.05) is 37.2 Å². The molecule has 1 N–H and O–H groups in total. The molecular weight excluding hydrogens is 428 g/mol. The van der Waals surface area contributed by atoms with E-state index in [2.05, 4.69) is 5.32 Å². The van der Waals surface area contributed by atoms with Crippen molar-refractivity contribution < 1.29 is 19.1 Å². The second-order valence-electron chi connectivity index (χ2n) is 8.49. The highest BCUT2D eigenvalue weighted by Gasteiger charge is 2.41. The van der Waals surface area contributed by atoms with Crippen LogP contribution in [-0.4, -0.2) is 44.0 Å². The highest BCUT2D eigenvalue weighted by molar-refractivity contribution is 5.84. The fourth-order valence-electron chi connectivity index (χ4n) is 4.51. The molecule has 34 heavy (non-hydrogen) atoms. The number of carbonyl (C=O) groups excluding carboxylic acids is 2. The molecule has 0 bridgehead atoms. The molecule has 2 amide bonds. The fourth-order valence-corrected chi connectivity index (χ4v) is 4.51. The molecule has 0 spiro atoms. The molecule has 1 fully saturated rings. The fraction of sp³-hybridized carbons (Fsp3) is 0.286. The first-order chi connectivity index (χ1) is 16.6. The maximum atomic E-state index is 13.3. The van der Waals surface area contributed by atoms with Gasteiger partial charge in [0.1, 0.15) is 11.5 Å². The smallest absolute Gasteiger partial charge is 0.227 e. The molecule has 0 aliphatic carbocycles.